The van der Waals surface area contributed by atoms with Crippen molar-refractivity contribution in [2.24, 2.45) is 0 Å². The van der Waals surface area contributed by atoms with Crippen molar-refractivity contribution in [3.05, 3.63) is 45.7 Å². The Morgan fingerprint density at radius 2 is 2.21 bits per heavy atom. The number of carboxylic acids is 1. The summed E-state index contributed by atoms with van der Waals surface area (Å²) in [5, 5.41) is 14.2. The second-order valence-corrected chi connectivity index (χ2v) is 5.21. The number of benzene rings is 1. The van der Waals surface area contributed by atoms with E-state index in [1.807, 2.05) is 19.1 Å². The van der Waals surface area contributed by atoms with E-state index >= 15 is 0 Å². The van der Waals surface area contributed by atoms with E-state index in [1.165, 1.54) is 0 Å². The molecule has 1 aliphatic rings. The van der Waals surface area contributed by atoms with E-state index in [0.29, 0.717) is 5.02 Å². The molecule has 1 heterocycles. The lowest BCUT2D eigenvalue weighted by Gasteiger charge is -2.09. The van der Waals surface area contributed by atoms with Crippen molar-refractivity contribution in [1.82, 2.24) is 9.78 Å². The fraction of sp³-hybridized carbons (Fsp3) is 0.286. The summed E-state index contributed by atoms with van der Waals surface area (Å²) < 4.78 is 1.76. The van der Waals surface area contributed by atoms with E-state index in [4.69, 9.17) is 11.6 Å². The largest absolute Gasteiger partial charge is 0.476 e. The fourth-order valence-corrected chi connectivity index (χ4v) is 2.89. The lowest BCUT2D eigenvalue weighted by atomic mass is 10.2. The molecule has 1 aliphatic carbocycles. The van der Waals surface area contributed by atoms with Crippen LogP contribution < -0.4 is 0 Å². The monoisotopic (exact) mass is 276 g/mol. The highest BCUT2D eigenvalue weighted by molar-refractivity contribution is 6.30. The van der Waals surface area contributed by atoms with Gasteiger partial charge in [-0.05, 0) is 49.9 Å². The van der Waals surface area contributed by atoms with Gasteiger partial charge >= 0.3 is 5.97 Å². The van der Waals surface area contributed by atoms with Gasteiger partial charge in [0.15, 0.2) is 5.69 Å². The highest BCUT2D eigenvalue weighted by Crippen LogP contribution is 2.29. The Hall–Kier alpha value is -1.81. The Kier molecular flexibility index (Phi) is 2.82. The molecule has 0 spiro atoms. The second kappa shape index (κ2) is 4.38. The van der Waals surface area contributed by atoms with E-state index in [2.05, 4.69) is 5.10 Å². The molecule has 3 rings (SSSR count). The van der Waals surface area contributed by atoms with Crippen LogP contribution in [0.25, 0.3) is 5.69 Å². The molecule has 0 saturated heterocycles. The topological polar surface area (TPSA) is 55.1 Å². The van der Waals surface area contributed by atoms with E-state index in [-0.39, 0.29) is 5.69 Å². The van der Waals surface area contributed by atoms with Crippen LogP contribution in [0.1, 0.15) is 33.7 Å². The number of halogens is 1. The van der Waals surface area contributed by atoms with Crippen LogP contribution >= 0.6 is 11.6 Å². The van der Waals surface area contributed by atoms with Gasteiger partial charge in [-0.3, -0.25) is 0 Å². The lowest BCUT2D eigenvalue weighted by Crippen LogP contribution is -2.05. The smallest absolute Gasteiger partial charge is 0.356 e. The summed E-state index contributed by atoms with van der Waals surface area (Å²) in [5.74, 6) is -0.955. The molecule has 0 radical (unpaired) electrons. The molecule has 1 aromatic heterocycles. The van der Waals surface area contributed by atoms with Gasteiger partial charge in [-0.2, -0.15) is 5.10 Å². The molecule has 0 aliphatic heterocycles. The quantitative estimate of drug-likeness (QED) is 0.917. The van der Waals surface area contributed by atoms with Crippen LogP contribution in [-0.4, -0.2) is 20.9 Å². The normalized spacial score (nSPS) is 13.6. The maximum absolute atomic E-state index is 11.2. The van der Waals surface area contributed by atoms with Gasteiger partial charge in [-0.25, -0.2) is 9.48 Å². The summed E-state index contributed by atoms with van der Waals surface area (Å²) in [6, 6.07) is 5.54. The number of carbonyl (C=O) groups is 1. The molecule has 98 valence electrons. The number of aryl methyl sites for hydroxylation is 1. The Morgan fingerprint density at radius 1 is 1.42 bits per heavy atom. The van der Waals surface area contributed by atoms with Crippen molar-refractivity contribution < 1.29 is 9.90 Å². The minimum atomic E-state index is -0.955. The maximum atomic E-state index is 11.2. The number of nitrogens with zero attached hydrogens (tertiary/aromatic N) is 2. The zero-order valence-electron chi connectivity index (χ0n) is 10.5. The number of carboxylic acid groups (broad SMARTS) is 1. The first-order valence-electron chi connectivity index (χ1n) is 6.18. The number of hydrogen-bond donors (Lipinski definition) is 1. The highest BCUT2D eigenvalue weighted by Gasteiger charge is 2.26. The third-order valence-electron chi connectivity index (χ3n) is 3.52. The molecule has 0 bridgehead atoms. The van der Waals surface area contributed by atoms with Crippen molar-refractivity contribution in [2.75, 3.05) is 0 Å². The van der Waals surface area contributed by atoms with Gasteiger partial charge in [0.1, 0.15) is 0 Å². The summed E-state index contributed by atoms with van der Waals surface area (Å²) in [5.41, 5.74) is 3.96. The molecule has 5 heteroatoms. The summed E-state index contributed by atoms with van der Waals surface area (Å²) in [7, 11) is 0. The standard InChI is InChI=1S/C14H13ClN2O2/c1-8-7-9(15)5-6-11(8)17-12-4-2-3-10(12)13(16-17)14(18)19/h5-7H,2-4H2,1H3,(H,18,19). The molecule has 0 saturated carbocycles. The van der Waals surface area contributed by atoms with Gasteiger partial charge in [0.05, 0.1) is 5.69 Å². The van der Waals surface area contributed by atoms with Gasteiger partial charge in [0, 0.05) is 16.3 Å². The molecule has 0 atom stereocenters. The molecule has 4 nitrogen and oxygen atoms in total. The number of aromatic carboxylic acids is 1. The average Bonchev–Trinajstić information content (AvgIpc) is 2.90. The molecule has 19 heavy (non-hydrogen) atoms. The van der Waals surface area contributed by atoms with Gasteiger partial charge in [0.25, 0.3) is 0 Å². The highest BCUT2D eigenvalue weighted by atomic mass is 35.5. The maximum Gasteiger partial charge on any atom is 0.356 e. The van der Waals surface area contributed by atoms with E-state index in [0.717, 1.165) is 41.8 Å². The van der Waals surface area contributed by atoms with E-state index in [9.17, 15) is 9.90 Å². The molecule has 2 aromatic rings. The van der Waals surface area contributed by atoms with E-state index in [1.54, 1.807) is 10.7 Å². The van der Waals surface area contributed by atoms with Crippen LogP contribution in [0, 0.1) is 6.92 Å². The summed E-state index contributed by atoms with van der Waals surface area (Å²) in [6.45, 7) is 1.95. The van der Waals surface area contributed by atoms with Gasteiger partial charge in [-0.1, -0.05) is 11.6 Å². The summed E-state index contributed by atoms with van der Waals surface area (Å²) in [6.07, 6.45) is 2.65. The number of rotatable bonds is 2. The Morgan fingerprint density at radius 3 is 2.89 bits per heavy atom. The predicted molar refractivity (Wildman–Crippen MR) is 72.3 cm³/mol. The zero-order chi connectivity index (χ0) is 13.6. The van der Waals surface area contributed by atoms with Crippen LogP contribution in [0.15, 0.2) is 18.2 Å². The summed E-state index contributed by atoms with van der Waals surface area (Å²) >= 11 is 5.95. The Balaban J connectivity index is 2.21. The number of fused-ring (bicyclic) bond motifs is 1. The third-order valence-corrected chi connectivity index (χ3v) is 3.75. The van der Waals surface area contributed by atoms with Gasteiger partial charge < -0.3 is 5.11 Å². The lowest BCUT2D eigenvalue weighted by molar-refractivity contribution is 0.0689. The zero-order valence-corrected chi connectivity index (χ0v) is 11.2. The Bertz CT molecular complexity index is 676. The van der Waals surface area contributed by atoms with Crippen LogP contribution in [0.4, 0.5) is 0 Å². The van der Waals surface area contributed by atoms with Crippen LogP contribution in [0.3, 0.4) is 0 Å². The van der Waals surface area contributed by atoms with Crippen LogP contribution in [0.5, 0.6) is 0 Å². The van der Waals surface area contributed by atoms with Crippen molar-refractivity contribution in [1.29, 1.82) is 0 Å². The first-order valence-corrected chi connectivity index (χ1v) is 6.56. The van der Waals surface area contributed by atoms with Crippen molar-refractivity contribution in [3.8, 4) is 5.69 Å². The SMILES string of the molecule is Cc1cc(Cl)ccc1-n1nc(C(=O)O)c2c1CCC2. The van der Waals surface area contributed by atoms with Crippen LogP contribution in [0.2, 0.25) is 5.02 Å². The minimum Gasteiger partial charge on any atom is -0.476 e. The first-order chi connectivity index (χ1) is 9.08. The van der Waals surface area contributed by atoms with Crippen molar-refractivity contribution in [3.63, 3.8) is 0 Å². The summed E-state index contributed by atoms with van der Waals surface area (Å²) in [4.78, 5) is 11.2. The molecular formula is C14H13ClN2O2. The van der Waals surface area contributed by atoms with Crippen LogP contribution in [-0.2, 0) is 12.8 Å². The average molecular weight is 277 g/mol. The molecule has 0 unspecified atom stereocenters. The number of aromatic nitrogens is 2. The molecule has 0 fully saturated rings. The fourth-order valence-electron chi connectivity index (χ4n) is 2.66. The predicted octanol–water partition coefficient (Wildman–Crippen LogP) is 3.02. The van der Waals surface area contributed by atoms with Crippen molar-refractivity contribution >= 4 is 17.6 Å². The second-order valence-electron chi connectivity index (χ2n) is 4.78. The third kappa shape index (κ3) is 1.92. The molecule has 1 aromatic carbocycles. The van der Waals surface area contributed by atoms with E-state index < -0.39 is 5.97 Å². The number of hydrogen-bond acceptors (Lipinski definition) is 2. The molecule has 0 amide bonds. The minimum absolute atomic E-state index is 0.182. The molecular weight excluding hydrogens is 264 g/mol. The van der Waals surface area contributed by atoms with Crippen molar-refractivity contribution in [2.45, 2.75) is 26.2 Å². The molecule has 1 N–H and O–H groups in total. The van der Waals surface area contributed by atoms with Gasteiger partial charge in [0.2, 0.25) is 0 Å². The Labute approximate surface area is 115 Å². The first kappa shape index (κ1) is 12.2. The van der Waals surface area contributed by atoms with Gasteiger partial charge in [-0.15, -0.1) is 0 Å².